The number of ether oxygens (including phenoxy) is 1. The van der Waals surface area contributed by atoms with Gasteiger partial charge >= 0.3 is 6.09 Å². The summed E-state index contributed by atoms with van der Waals surface area (Å²) in [6.45, 7) is 12.3. The topological polar surface area (TPSA) is 108 Å². The number of carbonyl (C=O) groups excluding carboxylic acids is 3. The molecule has 0 aliphatic carbocycles. The van der Waals surface area contributed by atoms with Crippen LogP contribution in [0.25, 0.3) is 0 Å². The Morgan fingerprint density at radius 1 is 1.06 bits per heavy atom. The number of aliphatic hydroxyl groups is 1. The number of hydrogen-bond acceptors (Lipinski definition) is 5. The molecule has 32 heavy (non-hydrogen) atoms. The predicted molar refractivity (Wildman–Crippen MR) is 124 cm³/mol. The Morgan fingerprint density at radius 3 is 2.12 bits per heavy atom. The van der Waals surface area contributed by atoms with Gasteiger partial charge in [0.1, 0.15) is 17.7 Å². The lowest BCUT2D eigenvalue weighted by Crippen LogP contribution is -2.56. The monoisotopic (exact) mass is 449 g/mol. The number of amides is 3. The molecule has 0 aromatic heterocycles. The van der Waals surface area contributed by atoms with Crippen LogP contribution in [0.1, 0.15) is 66.5 Å². The van der Waals surface area contributed by atoms with Crippen molar-refractivity contribution in [3.8, 4) is 0 Å². The summed E-state index contributed by atoms with van der Waals surface area (Å²) in [4.78, 5) is 40.6. The summed E-state index contributed by atoms with van der Waals surface area (Å²) in [5, 5.41) is 15.3. The average Bonchev–Trinajstić information content (AvgIpc) is 2.69. The Hall–Kier alpha value is -2.61. The van der Waals surface area contributed by atoms with E-state index < -0.39 is 29.7 Å². The van der Waals surface area contributed by atoms with Gasteiger partial charge in [0.15, 0.2) is 0 Å². The maximum Gasteiger partial charge on any atom is 0.408 e. The van der Waals surface area contributed by atoms with E-state index in [0.29, 0.717) is 12.0 Å². The van der Waals surface area contributed by atoms with Crippen molar-refractivity contribution < 1.29 is 24.2 Å². The minimum atomic E-state index is -0.953. The van der Waals surface area contributed by atoms with E-state index in [1.165, 1.54) is 4.90 Å². The Balaban J connectivity index is 3.37. The zero-order chi connectivity index (χ0) is 24.5. The number of nitrogens with one attached hydrogen (secondary N) is 2. The third kappa shape index (κ3) is 8.49. The maximum atomic E-state index is 13.7. The normalized spacial score (nSPS) is 14.3. The molecule has 1 rings (SSSR count). The highest BCUT2D eigenvalue weighted by molar-refractivity contribution is 5.92. The van der Waals surface area contributed by atoms with Crippen LogP contribution in [-0.2, 0) is 14.3 Å². The van der Waals surface area contributed by atoms with Crippen LogP contribution in [0.4, 0.5) is 4.79 Å². The number of nitrogens with zero attached hydrogens (tertiary/aromatic N) is 1. The van der Waals surface area contributed by atoms with Crippen LogP contribution in [0.15, 0.2) is 30.3 Å². The molecule has 0 bridgehead atoms. The first-order valence-electron chi connectivity index (χ1n) is 11.2. The SMILES string of the molecule is CCC(C)C(NC(=O)OC(C)(C)C)C(=O)N(CCO)C(C(=O)NC(C)C)c1ccccc1. The van der Waals surface area contributed by atoms with Crippen molar-refractivity contribution >= 4 is 17.9 Å². The lowest BCUT2D eigenvalue weighted by atomic mass is 9.95. The zero-order valence-electron chi connectivity index (χ0n) is 20.3. The molecule has 0 fully saturated rings. The maximum absolute atomic E-state index is 13.7. The van der Waals surface area contributed by atoms with Gasteiger partial charge < -0.3 is 25.4 Å². The van der Waals surface area contributed by atoms with Gasteiger partial charge in [0, 0.05) is 12.6 Å². The molecule has 180 valence electrons. The summed E-state index contributed by atoms with van der Waals surface area (Å²) >= 11 is 0. The van der Waals surface area contributed by atoms with Crippen LogP contribution in [0.2, 0.25) is 0 Å². The molecule has 1 aromatic rings. The van der Waals surface area contributed by atoms with E-state index in [4.69, 9.17) is 4.74 Å². The second-order valence-corrected chi connectivity index (χ2v) is 9.24. The van der Waals surface area contributed by atoms with Crippen LogP contribution in [0, 0.1) is 5.92 Å². The van der Waals surface area contributed by atoms with Crippen molar-refractivity contribution in [3.05, 3.63) is 35.9 Å². The standard InChI is InChI=1S/C24H39N3O5/c1-8-17(4)19(26-23(31)32-24(5,6)7)22(30)27(14-15-28)20(21(29)25-16(2)3)18-12-10-9-11-13-18/h9-13,16-17,19-20,28H,8,14-15H2,1-7H3,(H,25,29)(H,26,31). The van der Waals surface area contributed by atoms with Crippen molar-refractivity contribution in [2.24, 2.45) is 5.92 Å². The summed E-state index contributed by atoms with van der Waals surface area (Å²) < 4.78 is 5.35. The average molecular weight is 450 g/mol. The van der Waals surface area contributed by atoms with Gasteiger partial charge in [0.2, 0.25) is 11.8 Å². The number of benzene rings is 1. The predicted octanol–water partition coefficient (Wildman–Crippen LogP) is 3.01. The fourth-order valence-corrected chi connectivity index (χ4v) is 3.24. The van der Waals surface area contributed by atoms with Crippen LogP contribution >= 0.6 is 0 Å². The summed E-state index contributed by atoms with van der Waals surface area (Å²) in [7, 11) is 0. The minimum Gasteiger partial charge on any atom is -0.444 e. The van der Waals surface area contributed by atoms with Gasteiger partial charge in [0.05, 0.1) is 6.61 Å². The van der Waals surface area contributed by atoms with E-state index in [9.17, 15) is 19.5 Å². The van der Waals surface area contributed by atoms with Crippen molar-refractivity contribution in [3.63, 3.8) is 0 Å². The fraction of sp³-hybridized carbons (Fsp3) is 0.625. The summed E-state index contributed by atoms with van der Waals surface area (Å²) in [5.74, 6) is -1.03. The molecule has 3 unspecified atom stereocenters. The third-order valence-corrected chi connectivity index (χ3v) is 4.88. The lowest BCUT2D eigenvalue weighted by molar-refractivity contribution is -0.144. The van der Waals surface area contributed by atoms with E-state index >= 15 is 0 Å². The van der Waals surface area contributed by atoms with Gasteiger partial charge in [-0.15, -0.1) is 0 Å². The van der Waals surface area contributed by atoms with E-state index in [2.05, 4.69) is 10.6 Å². The molecule has 3 amide bonds. The molecule has 0 spiro atoms. The summed E-state index contributed by atoms with van der Waals surface area (Å²) in [5.41, 5.74) is -0.102. The fourth-order valence-electron chi connectivity index (χ4n) is 3.24. The quantitative estimate of drug-likeness (QED) is 0.509. The number of alkyl carbamates (subject to hydrolysis) is 1. The van der Waals surface area contributed by atoms with Gasteiger partial charge in [0.25, 0.3) is 0 Å². The molecule has 0 aliphatic heterocycles. The third-order valence-electron chi connectivity index (χ3n) is 4.88. The molecule has 0 aliphatic rings. The summed E-state index contributed by atoms with van der Waals surface area (Å²) in [6.07, 6.45) is -0.0871. The summed E-state index contributed by atoms with van der Waals surface area (Å²) in [6, 6.07) is 6.93. The van der Waals surface area contributed by atoms with Crippen molar-refractivity contribution in [1.82, 2.24) is 15.5 Å². The van der Waals surface area contributed by atoms with E-state index in [1.807, 2.05) is 33.8 Å². The Kier molecular flexibility index (Phi) is 10.7. The van der Waals surface area contributed by atoms with E-state index in [-0.39, 0.29) is 31.0 Å². The number of hydrogen-bond donors (Lipinski definition) is 3. The first kappa shape index (κ1) is 27.4. The van der Waals surface area contributed by atoms with Crippen molar-refractivity contribution in [2.75, 3.05) is 13.2 Å². The molecule has 3 N–H and O–H groups in total. The highest BCUT2D eigenvalue weighted by Gasteiger charge is 2.37. The highest BCUT2D eigenvalue weighted by atomic mass is 16.6. The Bertz CT molecular complexity index is 746. The molecule has 8 nitrogen and oxygen atoms in total. The zero-order valence-corrected chi connectivity index (χ0v) is 20.3. The Morgan fingerprint density at radius 2 is 1.66 bits per heavy atom. The minimum absolute atomic E-state index is 0.0627. The van der Waals surface area contributed by atoms with Crippen molar-refractivity contribution in [2.45, 2.75) is 78.6 Å². The van der Waals surface area contributed by atoms with Crippen LogP contribution < -0.4 is 10.6 Å². The van der Waals surface area contributed by atoms with Crippen molar-refractivity contribution in [1.29, 1.82) is 0 Å². The molecular formula is C24H39N3O5. The van der Waals surface area contributed by atoms with Gasteiger partial charge in [-0.25, -0.2) is 4.79 Å². The van der Waals surface area contributed by atoms with Crippen LogP contribution in [-0.4, -0.2) is 58.8 Å². The first-order valence-corrected chi connectivity index (χ1v) is 11.2. The van der Waals surface area contributed by atoms with Gasteiger partial charge in [-0.3, -0.25) is 9.59 Å². The number of aliphatic hydroxyl groups excluding tert-OH is 1. The lowest BCUT2D eigenvalue weighted by Gasteiger charge is -2.36. The molecule has 3 atom stereocenters. The molecular weight excluding hydrogens is 410 g/mol. The van der Waals surface area contributed by atoms with Crippen LogP contribution in [0.5, 0.6) is 0 Å². The second-order valence-electron chi connectivity index (χ2n) is 9.24. The van der Waals surface area contributed by atoms with Crippen LogP contribution in [0.3, 0.4) is 0 Å². The van der Waals surface area contributed by atoms with Gasteiger partial charge in [-0.2, -0.15) is 0 Å². The molecule has 8 heteroatoms. The number of rotatable bonds is 10. The van der Waals surface area contributed by atoms with Gasteiger partial charge in [-0.1, -0.05) is 50.6 Å². The van der Waals surface area contributed by atoms with Gasteiger partial charge in [-0.05, 0) is 46.1 Å². The molecule has 1 aromatic carbocycles. The van der Waals surface area contributed by atoms with E-state index in [0.717, 1.165) is 0 Å². The number of carbonyl (C=O) groups is 3. The largest absolute Gasteiger partial charge is 0.444 e. The van der Waals surface area contributed by atoms with E-state index in [1.54, 1.807) is 45.0 Å². The second kappa shape index (κ2) is 12.4. The molecule has 0 radical (unpaired) electrons. The molecule has 0 heterocycles. The molecule has 0 saturated carbocycles. The smallest absolute Gasteiger partial charge is 0.408 e. The first-order chi connectivity index (χ1) is 14.9. The molecule has 0 saturated heterocycles. The Labute approximate surface area is 191 Å². The highest BCUT2D eigenvalue weighted by Crippen LogP contribution is 2.24.